The van der Waals surface area contributed by atoms with E-state index in [2.05, 4.69) is 17.2 Å². The lowest BCUT2D eigenvalue weighted by Crippen LogP contribution is -2.13. The molecule has 0 amide bonds. The third-order valence-corrected chi connectivity index (χ3v) is 1.98. The van der Waals surface area contributed by atoms with Gasteiger partial charge in [0, 0.05) is 13.5 Å². The predicted molar refractivity (Wildman–Crippen MR) is 63.7 cm³/mol. The van der Waals surface area contributed by atoms with Gasteiger partial charge in [-0.05, 0) is 26.1 Å². The number of hydrogen-bond acceptors (Lipinski definition) is 3. The van der Waals surface area contributed by atoms with E-state index in [1.54, 1.807) is 0 Å². The van der Waals surface area contributed by atoms with Crippen molar-refractivity contribution in [3.63, 3.8) is 0 Å². The number of likely N-dealkylation sites (N-methyl/N-ethyl adjacent to an activating group) is 1. The van der Waals surface area contributed by atoms with Gasteiger partial charge in [-0.25, -0.2) is 0 Å². The van der Waals surface area contributed by atoms with Gasteiger partial charge in [-0.15, -0.1) is 0 Å². The molecule has 0 spiro atoms. The van der Waals surface area contributed by atoms with E-state index in [4.69, 9.17) is 4.74 Å². The number of benzene rings is 1. The molecule has 0 heterocycles. The summed E-state index contributed by atoms with van der Waals surface area (Å²) in [7, 11) is 1.91. The van der Waals surface area contributed by atoms with Gasteiger partial charge in [0.2, 0.25) is 0 Å². The molecule has 3 nitrogen and oxygen atoms in total. The van der Waals surface area contributed by atoms with Gasteiger partial charge < -0.3 is 10.1 Å². The average molecular weight is 206 g/mol. The van der Waals surface area contributed by atoms with Gasteiger partial charge in [-0.2, -0.15) is 0 Å². The zero-order chi connectivity index (χ0) is 11.1. The van der Waals surface area contributed by atoms with Gasteiger partial charge in [0.05, 0.1) is 6.54 Å². The zero-order valence-corrected chi connectivity index (χ0v) is 9.58. The largest absolute Gasteiger partial charge is 0.444 e. The Kier molecular flexibility index (Phi) is 4.84. The summed E-state index contributed by atoms with van der Waals surface area (Å²) in [5, 5.41) is 3.03. The summed E-state index contributed by atoms with van der Waals surface area (Å²) in [4.78, 5) is 4.26. The molecule has 0 bridgehead atoms. The Morgan fingerprint density at radius 3 is 2.60 bits per heavy atom. The molecule has 0 aromatic heterocycles. The van der Waals surface area contributed by atoms with E-state index in [-0.39, 0.29) is 0 Å². The second kappa shape index (κ2) is 6.19. The monoisotopic (exact) mass is 206 g/mol. The SMILES string of the molecule is CNCCN=C(C)Oc1ccc(C)cc1. The Hall–Kier alpha value is -1.35. The molecule has 0 aliphatic carbocycles. The normalized spacial score (nSPS) is 11.5. The average Bonchev–Trinajstić information content (AvgIpc) is 2.22. The standard InChI is InChI=1S/C12H18N2O/c1-10-4-6-12(7-5-10)15-11(2)14-9-8-13-3/h4-7,13H,8-9H2,1-3H3. The molecule has 1 aromatic rings. The Labute approximate surface area is 91.2 Å². The van der Waals surface area contributed by atoms with E-state index >= 15 is 0 Å². The summed E-state index contributed by atoms with van der Waals surface area (Å²) in [6.45, 7) is 5.54. The van der Waals surface area contributed by atoms with Crippen LogP contribution >= 0.6 is 0 Å². The molecule has 1 rings (SSSR count). The minimum atomic E-state index is 0.703. The van der Waals surface area contributed by atoms with Crippen LogP contribution in [0.3, 0.4) is 0 Å². The zero-order valence-electron chi connectivity index (χ0n) is 9.58. The maximum absolute atomic E-state index is 5.54. The molecule has 3 heteroatoms. The predicted octanol–water partition coefficient (Wildman–Crippen LogP) is 2.01. The summed E-state index contributed by atoms with van der Waals surface area (Å²) in [6, 6.07) is 7.95. The van der Waals surface area contributed by atoms with Crippen LogP contribution in [-0.4, -0.2) is 26.0 Å². The molecule has 0 aliphatic rings. The third-order valence-electron chi connectivity index (χ3n) is 1.98. The number of aliphatic imine (C=N–C) groups is 1. The maximum Gasteiger partial charge on any atom is 0.187 e. The molecular formula is C12H18N2O. The first-order valence-corrected chi connectivity index (χ1v) is 5.12. The second-order valence-electron chi connectivity index (χ2n) is 3.42. The molecule has 0 unspecified atom stereocenters. The van der Waals surface area contributed by atoms with Gasteiger partial charge in [-0.1, -0.05) is 17.7 Å². The van der Waals surface area contributed by atoms with Crippen LogP contribution < -0.4 is 10.1 Å². The van der Waals surface area contributed by atoms with E-state index < -0.39 is 0 Å². The molecule has 0 radical (unpaired) electrons. The molecule has 0 fully saturated rings. The number of rotatable bonds is 4. The number of aryl methyl sites for hydroxylation is 1. The minimum absolute atomic E-state index is 0.703. The van der Waals surface area contributed by atoms with Crippen LogP contribution in [0.2, 0.25) is 0 Å². The highest BCUT2D eigenvalue weighted by Gasteiger charge is 1.95. The highest BCUT2D eigenvalue weighted by molar-refractivity contribution is 5.75. The lowest BCUT2D eigenvalue weighted by atomic mass is 10.2. The van der Waals surface area contributed by atoms with Crippen LogP contribution in [0.4, 0.5) is 0 Å². The third kappa shape index (κ3) is 4.61. The highest BCUT2D eigenvalue weighted by Crippen LogP contribution is 2.11. The van der Waals surface area contributed by atoms with Crippen LogP contribution in [0.5, 0.6) is 5.75 Å². The van der Waals surface area contributed by atoms with Crippen LogP contribution in [0.15, 0.2) is 29.3 Å². The summed E-state index contributed by atoms with van der Waals surface area (Å²) in [5.74, 6) is 1.54. The van der Waals surface area contributed by atoms with Crippen molar-refractivity contribution < 1.29 is 4.74 Å². The van der Waals surface area contributed by atoms with Crippen molar-refractivity contribution in [3.05, 3.63) is 29.8 Å². The van der Waals surface area contributed by atoms with Crippen LogP contribution in [-0.2, 0) is 0 Å². The van der Waals surface area contributed by atoms with Gasteiger partial charge in [-0.3, -0.25) is 4.99 Å². The van der Waals surface area contributed by atoms with E-state index in [1.165, 1.54) is 5.56 Å². The highest BCUT2D eigenvalue weighted by atomic mass is 16.5. The summed E-state index contributed by atoms with van der Waals surface area (Å²) in [6.07, 6.45) is 0. The fourth-order valence-electron chi connectivity index (χ4n) is 1.13. The molecule has 0 saturated carbocycles. The Morgan fingerprint density at radius 2 is 2.00 bits per heavy atom. The fraction of sp³-hybridized carbons (Fsp3) is 0.417. The topological polar surface area (TPSA) is 33.6 Å². The first-order chi connectivity index (χ1) is 7.22. The molecule has 15 heavy (non-hydrogen) atoms. The van der Waals surface area contributed by atoms with Crippen molar-refractivity contribution in [3.8, 4) is 5.75 Å². The van der Waals surface area contributed by atoms with Crippen LogP contribution in [0, 0.1) is 6.92 Å². The van der Waals surface area contributed by atoms with Gasteiger partial charge in [0.15, 0.2) is 5.90 Å². The molecule has 0 atom stereocenters. The van der Waals surface area contributed by atoms with Crippen LogP contribution in [0.1, 0.15) is 12.5 Å². The van der Waals surface area contributed by atoms with Gasteiger partial charge in [0.1, 0.15) is 5.75 Å². The van der Waals surface area contributed by atoms with E-state index in [0.29, 0.717) is 5.90 Å². The van der Waals surface area contributed by atoms with Crippen molar-refractivity contribution >= 4 is 5.90 Å². The summed E-state index contributed by atoms with van der Waals surface area (Å²) >= 11 is 0. The molecule has 1 N–H and O–H groups in total. The van der Waals surface area contributed by atoms with Crippen molar-refractivity contribution in [1.29, 1.82) is 0 Å². The summed E-state index contributed by atoms with van der Waals surface area (Å²) in [5.41, 5.74) is 1.23. The Morgan fingerprint density at radius 1 is 1.33 bits per heavy atom. The lowest BCUT2D eigenvalue weighted by molar-refractivity contribution is 0.541. The first-order valence-electron chi connectivity index (χ1n) is 5.12. The molecule has 0 saturated heterocycles. The Bertz CT molecular complexity index is 317. The summed E-state index contributed by atoms with van der Waals surface area (Å²) < 4.78 is 5.54. The number of nitrogens with one attached hydrogen (secondary N) is 1. The van der Waals surface area contributed by atoms with Crippen molar-refractivity contribution in [2.75, 3.05) is 20.1 Å². The van der Waals surface area contributed by atoms with Gasteiger partial charge >= 0.3 is 0 Å². The number of ether oxygens (including phenoxy) is 1. The quantitative estimate of drug-likeness (QED) is 0.464. The number of nitrogens with zero attached hydrogens (tertiary/aromatic N) is 1. The maximum atomic E-state index is 5.54. The molecule has 0 aliphatic heterocycles. The second-order valence-corrected chi connectivity index (χ2v) is 3.42. The van der Waals surface area contributed by atoms with Gasteiger partial charge in [0.25, 0.3) is 0 Å². The molecule has 1 aromatic carbocycles. The molecular weight excluding hydrogens is 188 g/mol. The van der Waals surface area contributed by atoms with E-state index in [1.807, 2.05) is 38.2 Å². The molecule has 82 valence electrons. The van der Waals surface area contributed by atoms with E-state index in [9.17, 15) is 0 Å². The van der Waals surface area contributed by atoms with Crippen molar-refractivity contribution in [2.24, 2.45) is 4.99 Å². The van der Waals surface area contributed by atoms with E-state index in [0.717, 1.165) is 18.8 Å². The minimum Gasteiger partial charge on any atom is -0.444 e. The van der Waals surface area contributed by atoms with Crippen molar-refractivity contribution in [1.82, 2.24) is 5.32 Å². The van der Waals surface area contributed by atoms with Crippen LogP contribution in [0.25, 0.3) is 0 Å². The Balaban J connectivity index is 2.47. The smallest absolute Gasteiger partial charge is 0.187 e. The van der Waals surface area contributed by atoms with Crippen molar-refractivity contribution in [2.45, 2.75) is 13.8 Å². The fourth-order valence-corrected chi connectivity index (χ4v) is 1.13. The lowest BCUT2D eigenvalue weighted by Gasteiger charge is -2.05. The first kappa shape index (κ1) is 11.7. The number of hydrogen-bond donors (Lipinski definition) is 1.